The van der Waals surface area contributed by atoms with Crippen LogP contribution in [0.3, 0.4) is 0 Å². The fourth-order valence-corrected chi connectivity index (χ4v) is 4.51. The molecule has 1 N–H and O–H groups in total. The Bertz CT molecular complexity index is 704. The summed E-state index contributed by atoms with van der Waals surface area (Å²) >= 11 is 0. The van der Waals surface area contributed by atoms with Gasteiger partial charge in [0.2, 0.25) is 5.91 Å². The number of rotatable bonds is 4. The van der Waals surface area contributed by atoms with Gasteiger partial charge in [0.05, 0.1) is 18.1 Å². The van der Waals surface area contributed by atoms with Gasteiger partial charge in [-0.2, -0.15) is 0 Å². The molecule has 7 nitrogen and oxygen atoms in total. The van der Waals surface area contributed by atoms with E-state index in [1.54, 1.807) is 19.2 Å². The lowest BCUT2D eigenvalue weighted by Crippen LogP contribution is -2.40. The number of sulfone groups is 1. The van der Waals surface area contributed by atoms with Gasteiger partial charge in [0.1, 0.15) is 13.2 Å². The van der Waals surface area contributed by atoms with Crippen LogP contribution in [0.1, 0.15) is 6.42 Å². The van der Waals surface area contributed by atoms with Crippen LogP contribution >= 0.6 is 0 Å². The van der Waals surface area contributed by atoms with E-state index in [-0.39, 0.29) is 30.0 Å². The average molecular weight is 340 g/mol. The zero-order valence-corrected chi connectivity index (χ0v) is 13.8. The third kappa shape index (κ3) is 3.69. The largest absolute Gasteiger partial charge is 0.486 e. The molecule has 1 saturated heterocycles. The molecular weight excluding hydrogens is 320 g/mol. The SMILES string of the molecule is CN(C(=O)CNc1ccc2c(c1)OCCO2)[C@H]1CCS(=O)(=O)C1. The van der Waals surface area contributed by atoms with Crippen LogP contribution in [0.5, 0.6) is 11.5 Å². The number of nitrogens with one attached hydrogen (secondary N) is 1. The lowest BCUT2D eigenvalue weighted by atomic mass is 10.2. The van der Waals surface area contributed by atoms with Crippen molar-refractivity contribution >= 4 is 21.4 Å². The molecule has 1 amide bonds. The summed E-state index contributed by atoms with van der Waals surface area (Å²) < 4.78 is 33.9. The van der Waals surface area contributed by atoms with E-state index in [2.05, 4.69) is 5.32 Å². The van der Waals surface area contributed by atoms with E-state index in [1.807, 2.05) is 6.07 Å². The van der Waals surface area contributed by atoms with Gasteiger partial charge in [-0.1, -0.05) is 0 Å². The molecule has 0 spiro atoms. The molecule has 0 aliphatic carbocycles. The standard InChI is InChI=1S/C15H20N2O5S/c1-17(12-4-7-23(19,20)10-12)15(18)9-16-11-2-3-13-14(8-11)22-6-5-21-13/h2-3,8,12,16H,4-7,9-10H2,1H3/t12-/m0/s1. The summed E-state index contributed by atoms with van der Waals surface area (Å²) in [5.41, 5.74) is 0.759. The van der Waals surface area contributed by atoms with E-state index < -0.39 is 9.84 Å². The quantitative estimate of drug-likeness (QED) is 0.860. The van der Waals surface area contributed by atoms with Crippen molar-refractivity contribution in [1.82, 2.24) is 4.90 Å². The van der Waals surface area contributed by atoms with Crippen LogP contribution < -0.4 is 14.8 Å². The fourth-order valence-electron chi connectivity index (χ4n) is 2.74. The van der Waals surface area contributed by atoms with Crippen LogP contribution in [0.4, 0.5) is 5.69 Å². The first kappa shape index (κ1) is 15.9. The number of benzene rings is 1. The molecule has 1 atom stereocenters. The van der Waals surface area contributed by atoms with Gasteiger partial charge >= 0.3 is 0 Å². The van der Waals surface area contributed by atoms with Crippen LogP contribution in [0.25, 0.3) is 0 Å². The van der Waals surface area contributed by atoms with E-state index in [0.29, 0.717) is 31.1 Å². The third-order valence-electron chi connectivity index (χ3n) is 4.14. The second kappa shape index (κ2) is 6.27. The van der Waals surface area contributed by atoms with Gasteiger partial charge in [0, 0.05) is 24.8 Å². The molecule has 3 rings (SSSR count). The number of nitrogens with zero attached hydrogens (tertiary/aromatic N) is 1. The first-order chi connectivity index (χ1) is 10.9. The Hall–Kier alpha value is -1.96. The topological polar surface area (TPSA) is 84.9 Å². The Balaban J connectivity index is 1.56. The lowest BCUT2D eigenvalue weighted by Gasteiger charge is -2.24. The summed E-state index contributed by atoms with van der Waals surface area (Å²) in [4.78, 5) is 13.7. The van der Waals surface area contributed by atoms with Gasteiger partial charge in [-0.15, -0.1) is 0 Å². The maximum absolute atomic E-state index is 12.2. The van der Waals surface area contributed by atoms with E-state index in [9.17, 15) is 13.2 Å². The number of ether oxygens (including phenoxy) is 2. The zero-order chi connectivity index (χ0) is 16.4. The predicted octanol–water partition coefficient (Wildman–Crippen LogP) is 0.515. The molecule has 8 heteroatoms. The molecule has 2 heterocycles. The Morgan fingerprint density at radius 1 is 1.30 bits per heavy atom. The molecule has 0 bridgehead atoms. The summed E-state index contributed by atoms with van der Waals surface area (Å²) in [5, 5.41) is 3.04. The number of likely N-dealkylation sites (N-methyl/N-ethyl adjacent to an activating group) is 1. The van der Waals surface area contributed by atoms with Crippen molar-refractivity contribution in [3.8, 4) is 11.5 Å². The van der Waals surface area contributed by atoms with Crippen molar-refractivity contribution in [2.75, 3.05) is 43.6 Å². The monoisotopic (exact) mass is 340 g/mol. The second-order valence-corrected chi connectivity index (χ2v) is 8.00. The molecule has 0 saturated carbocycles. The van der Waals surface area contributed by atoms with Gasteiger partial charge in [-0.25, -0.2) is 8.42 Å². The van der Waals surface area contributed by atoms with Gasteiger partial charge < -0.3 is 19.7 Å². The van der Waals surface area contributed by atoms with Crippen molar-refractivity contribution in [3.05, 3.63) is 18.2 Å². The van der Waals surface area contributed by atoms with Crippen molar-refractivity contribution < 1.29 is 22.7 Å². The number of anilines is 1. The summed E-state index contributed by atoms with van der Waals surface area (Å²) in [5.74, 6) is 1.43. The highest BCUT2D eigenvalue weighted by Crippen LogP contribution is 2.32. The number of hydrogen-bond donors (Lipinski definition) is 1. The molecule has 2 aliphatic rings. The summed E-state index contributed by atoms with van der Waals surface area (Å²) in [7, 11) is -1.34. The van der Waals surface area contributed by atoms with E-state index in [1.165, 1.54) is 4.90 Å². The Kier molecular flexibility index (Phi) is 4.34. The van der Waals surface area contributed by atoms with Gasteiger partial charge in [-0.05, 0) is 18.6 Å². The molecule has 1 aromatic carbocycles. The Morgan fingerprint density at radius 3 is 2.74 bits per heavy atom. The Labute approximate surface area is 135 Å². The molecule has 2 aliphatic heterocycles. The average Bonchev–Trinajstić information content (AvgIpc) is 2.91. The number of amides is 1. The van der Waals surface area contributed by atoms with Crippen molar-refractivity contribution in [3.63, 3.8) is 0 Å². The van der Waals surface area contributed by atoms with Crippen molar-refractivity contribution in [2.45, 2.75) is 12.5 Å². The molecule has 0 unspecified atom stereocenters. The maximum atomic E-state index is 12.2. The normalized spacial score (nSPS) is 21.7. The minimum absolute atomic E-state index is 0.0548. The minimum Gasteiger partial charge on any atom is -0.486 e. The predicted molar refractivity (Wildman–Crippen MR) is 85.8 cm³/mol. The van der Waals surface area contributed by atoms with Gasteiger partial charge in [0.15, 0.2) is 21.3 Å². The molecule has 23 heavy (non-hydrogen) atoms. The highest BCUT2D eigenvalue weighted by molar-refractivity contribution is 7.91. The number of carbonyl (C=O) groups excluding carboxylic acids is 1. The maximum Gasteiger partial charge on any atom is 0.241 e. The zero-order valence-electron chi connectivity index (χ0n) is 12.9. The van der Waals surface area contributed by atoms with E-state index in [0.717, 1.165) is 5.69 Å². The highest BCUT2D eigenvalue weighted by Gasteiger charge is 2.32. The molecule has 0 aromatic heterocycles. The van der Waals surface area contributed by atoms with Crippen LogP contribution in [0, 0.1) is 0 Å². The van der Waals surface area contributed by atoms with Gasteiger partial charge in [0.25, 0.3) is 0 Å². The third-order valence-corrected chi connectivity index (χ3v) is 5.89. The second-order valence-electron chi connectivity index (χ2n) is 5.77. The first-order valence-corrected chi connectivity index (χ1v) is 9.36. The fraction of sp³-hybridized carbons (Fsp3) is 0.533. The molecular formula is C15H20N2O5S. The Morgan fingerprint density at radius 2 is 2.04 bits per heavy atom. The number of carbonyl (C=O) groups is 1. The smallest absolute Gasteiger partial charge is 0.241 e. The summed E-state index contributed by atoms with van der Waals surface area (Å²) in [6, 6.07) is 5.19. The van der Waals surface area contributed by atoms with Crippen molar-refractivity contribution in [2.24, 2.45) is 0 Å². The summed E-state index contributed by atoms with van der Waals surface area (Å²) in [6.45, 7) is 1.15. The van der Waals surface area contributed by atoms with Crippen molar-refractivity contribution in [1.29, 1.82) is 0 Å². The molecule has 1 fully saturated rings. The van der Waals surface area contributed by atoms with E-state index in [4.69, 9.17) is 9.47 Å². The van der Waals surface area contributed by atoms with E-state index >= 15 is 0 Å². The highest BCUT2D eigenvalue weighted by atomic mass is 32.2. The first-order valence-electron chi connectivity index (χ1n) is 7.54. The molecule has 126 valence electrons. The lowest BCUT2D eigenvalue weighted by molar-refractivity contribution is -0.129. The van der Waals surface area contributed by atoms with Crippen LogP contribution in [-0.2, 0) is 14.6 Å². The molecule has 0 radical (unpaired) electrons. The van der Waals surface area contributed by atoms with Crippen LogP contribution in [0.15, 0.2) is 18.2 Å². The van der Waals surface area contributed by atoms with Gasteiger partial charge in [-0.3, -0.25) is 4.79 Å². The summed E-state index contributed by atoms with van der Waals surface area (Å²) in [6.07, 6.45) is 0.509. The molecule has 1 aromatic rings. The number of fused-ring (bicyclic) bond motifs is 1. The number of hydrogen-bond acceptors (Lipinski definition) is 6. The minimum atomic E-state index is -3.00. The van der Waals surface area contributed by atoms with Crippen LogP contribution in [-0.4, -0.2) is 63.6 Å². The van der Waals surface area contributed by atoms with Crippen LogP contribution in [0.2, 0.25) is 0 Å².